The third-order valence-corrected chi connectivity index (χ3v) is 7.20. The molecule has 3 aromatic carbocycles. The van der Waals surface area contributed by atoms with Crippen LogP contribution in [-0.2, 0) is 10.0 Å². The fourth-order valence-corrected chi connectivity index (χ4v) is 5.34. The number of benzene rings is 3. The number of nitrogens with zero attached hydrogens (tertiary/aromatic N) is 4. The number of rotatable bonds is 5. The summed E-state index contributed by atoms with van der Waals surface area (Å²) in [5.74, 6) is 0.205. The highest BCUT2D eigenvalue weighted by Crippen LogP contribution is 2.27. The minimum atomic E-state index is -3.31. The van der Waals surface area contributed by atoms with Crippen molar-refractivity contribution in [1.29, 1.82) is 0 Å². The van der Waals surface area contributed by atoms with Crippen LogP contribution in [0.3, 0.4) is 0 Å². The molecule has 2 heterocycles. The molecule has 0 atom stereocenters. The number of hydrogen-bond donors (Lipinski definition) is 1. The van der Waals surface area contributed by atoms with Crippen LogP contribution < -0.4 is 9.62 Å². The maximum Gasteiger partial charge on any atom is 0.295 e. The second-order valence-corrected chi connectivity index (χ2v) is 9.63. The minimum absolute atomic E-state index is 0.0110. The Morgan fingerprint density at radius 3 is 2.27 bits per heavy atom. The Kier molecular flexibility index (Phi) is 5.39. The Morgan fingerprint density at radius 1 is 0.879 bits per heavy atom. The van der Waals surface area contributed by atoms with E-state index in [1.54, 1.807) is 28.9 Å². The first-order chi connectivity index (χ1) is 16.0. The average Bonchev–Trinajstić information content (AvgIpc) is 3.44. The van der Waals surface area contributed by atoms with Crippen molar-refractivity contribution in [3.8, 4) is 17.1 Å². The first kappa shape index (κ1) is 20.9. The molecule has 1 aromatic heterocycles. The zero-order valence-corrected chi connectivity index (χ0v) is 18.4. The van der Waals surface area contributed by atoms with Crippen molar-refractivity contribution in [3.63, 3.8) is 0 Å². The van der Waals surface area contributed by atoms with Gasteiger partial charge in [0.05, 0.1) is 17.1 Å². The highest BCUT2D eigenvalue weighted by molar-refractivity contribution is 7.93. The molecule has 0 radical (unpaired) electrons. The predicted octanol–water partition coefficient (Wildman–Crippen LogP) is 3.73. The first-order valence-corrected chi connectivity index (χ1v) is 12.1. The lowest BCUT2D eigenvalue weighted by atomic mass is 10.2. The summed E-state index contributed by atoms with van der Waals surface area (Å²) in [6, 6.07) is 25.8. The van der Waals surface area contributed by atoms with E-state index in [1.165, 1.54) is 4.31 Å². The van der Waals surface area contributed by atoms with Gasteiger partial charge in [0, 0.05) is 17.8 Å². The summed E-state index contributed by atoms with van der Waals surface area (Å²) in [6.45, 7) is 0.434. The molecular formula is C24H21N5O3S. The Balaban J connectivity index is 1.46. The van der Waals surface area contributed by atoms with E-state index < -0.39 is 15.9 Å². The number of aromatic nitrogens is 3. The fraction of sp³-hybridized carbons (Fsp3) is 0.125. The second kappa shape index (κ2) is 8.51. The highest BCUT2D eigenvalue weighted by Gasteiger charge is 2.28. The van der Waals surface area contributed by atoms with Gasteiger partial charge in [-0.25, -0.2) is 18.1 Å². The van der Waals surface area contributed by atoms with Crippen molar-refractivity contribution < 1.29 is 13.2 Å². The Morgan fingerprint density at radius 2 is 1.58 bits per heavy atom. The maximum absolute atomic E-state index is 13.0. The standard InChI is InChI=1S/C24H21N5O3S/c30-24(25-19-11-7-14-21(17-19)28-15-8-16-33(28,31)32)22-26-23(18-9-3-1-4-10-18)29(27-22)20-12-5-2-6-13-20/h1-7,9-14,17H,8,15-16H2,(H,25,30). The number of carbonyl (C=O) groups is 1. The zero-order valence-electron chi connectivity index (χ0n) is 17.6. The van der Waals surface area contributed by atoms with Crippen molar-refractivity contribution in [2.75, 3.05) is 21.9 Å². The van der Waals surface area contributed by atoms with Crippen molar-refractivity contribution in [2.24, 2.45) is 0 Å². The SMILES string of the molecule is O=C(Nc1cccc(N2CCCS2(=O)=O)c1)c1nc(-c2ccccc2)n(-c2ccccc2)n1. The number of nitrogens with one attached hydrogen (secondary N) is 1. The molecule has 0 bridgehead atoms. The van der Waals surface area contributed by atoms with Gasteiger partial charge in [-0.2, -0.15) is 0 Å². The van der Waals surface area contributed by atoms with E-state index >= 15 is 0 Å². The molecule has 0 aliphatic carbocycles. The zero-order chi connectivity index (χ0) is 22.8. The number of para-hydroxylation sites is 1. The van der Waals surface area contributed by atoms with Crippen LogP contribution in [0, 0.1) is 0 Å². The van der Waals surface area contributed by atoms with Gasteiger partial charge in [-0.05, 0) is 36.8 Å². The van der Waals surface area contributed by atoms with E-state index in [0.717, 1.165) is 11.3 Å². The molecule has 5 rings (SSSR count). The molecule has 1 aliphatic heterocycles. The van der Waals surface area contributed by atoms with Crippen molar-refractivity contribution in [2.45, 2.75) is 6.42 Å². The third kappa shape index (κ3) is 4.22. The molecule has 166 valence electrons. The molecule has 8 nitrogen and oxygen atoms in total. The second-order valence-electron chi connectivity index (χ2n) is 7.62. The van der Waals surface area contributed by atoms with Crippen LogP contribution in [0.2, 0.25) is 0 Å². The van der Waals surface area contributed by atoms with Crippen molar-refractivity contribution >= 4 is 27.3 Å². The molecule has 0 saturated carbocycles. The van der Waals surface area contributed by atoms with Crippen LogP contribution in [0.15, 0.2) is 84.9 Å². The summed E-state index contributed by atoms with van der Waals surface area (Å²) in [6.07, 6.45) is 0.585. The van der Waals surface area contributed by atoms with Gasteiger partial charge in [0.25, 0.3) is 5.91 Å². The van der Waals surface area contributed by atoms with E-state index in [2.05, 4.69) is 15.4 Å². The number of anilines is 2. The quantitative estimate of drug-likeness (QED) is 0.491. The molecule has 0 spiro atoms. The number of amides is 1. The van der Waals surface area contributed by atoms with E-state index in [-0.39, 0.29) is 11.6 Å². The predicted molar refractivity (Wildman–Crippen MR) is 127 cm³/mol. The van der Waals surface area contributed by atoms with Gasteiger partial charge in [-0.1, -0.05) is 54.6 Å². The molecule has 0 unspecified atom stereocenters. The number of carbonyl (C=O) groups excluding carboxylic acids is 1. The average molecular weight is 460 g/mol. The monoisotopic (exact) mass is 459 g/mol. The van der Waals surface area contributed by atoms with E-state index in [9.17, 15) is 13.2 Å². The number of hydrogen-bond acceptors (Lipinski definition) is 5. The van der Waals surface area contributed by atoms with Crippen LogP contribution >= 0.6 is 0 Å². The van der Waals surface area contributed by atoms with Gasteiger partial charge in [0.2, 0.25) is 15.8 Å². The maximum atomic E-state index is 13.0. The van der Waals surface area contributed by atoms with Crippen LogP contribution in [0.25, 0.3) is 17.1 Å². The van der Waals surface area contributed by atoms with Crippen LogP contribution in [0.5, 0.6) is 0 Å². The molecule has 33 heavy (non-hydrogen) atoms. The van der Waals surface area contributed by atoms with Crippen molar-refractivity contribution in [1.82, 2.24) is 14.8 Å². The largest absolute Gasteiger partial charge is 0.319 e. The van der Waals surface area contributed by atoms with Gasteiger partial charge in [-0.3, -0.25) is 9.10 Å². The Bertz CT molecular complexity index is 1350. The molecule has 4 aromatic rings. The smallest absolute Gasteiger partial charge is 0.295 e. The molecule has 1 saturated heterocycles. The van der Waals surface area contributed by atoms with Gasteiger partial charge < -0.3 is 5.32 Å². The highest BCUT2D eigenvalue weighted by atomic mass is 32.2. The van der Waals surface area contributed by atoms with Gasteiger partial charge in [-0.15, -0.1) is 5.10 Å². The molecule has 1 amide bonds. The minimum Gasteiger partial charge on any atom is -0.319 e. The molecular weight excluding hydrogens is 438 g/mol. The summed E-state index contributed by atoms with van der Waals surface area (Å²) < 4.78 is 27.5. The Hall–Kier alpha value is -3.98. The van der Waals surface area contributed by atoms with E-state index in [1.807, 2.05) is 60.7 Å². The summed E-state index contributed by atoms with van der Waals surface area (Å²) in [4.78, 5) is 17.5. The van der Waals surface area contributed by atoms with Crippen LogP contribution in [0.4, 0.5) is 11.4 Å². The summed E-state index contributed by atoms with van der Waals surface area (Å²) >= 11 is 0. The first-order valence-electron chi connectivity index (χ1n) is 10.5. The molecule has 9 heteroatoms. The molecule has 1 N–H and O–H groups in total. The van der Waals surface area contributed by atoms with Crippen LogP contribution in [0.1, 0.15) is 17.0 Å². The summed E-state index contributed by atoms with van der Waals surface area (Å²) in [5.41, 5.74) is 2.60. The fourth-order valence-electron chi connectivity index (χ4n) is 3.79. The van der Waals surface area contributed by atoms with Gasteiger partial charge >= 0.3 is 0 Å². The van der Waals surface area contributed by atoms with E-state index in [0.29, 0.717) is 30.2 Å². The lowest BCUT2D eigenvalue weighted by molar-refractivity contribution is 0.101. The van der Waals surface area contributed by atoms with E-state index in [4.69, 9.17) is 0 Å². The lowest BCUT2D eigenvalue weighted by Crippen LogP contribution is -2.25. The molecule has 1 fully saturated rings. The normalized spacial score (nSPS) is 14.8. The Labute approximate surface area is 191 Å². The summed E-state index contributed by atoms with van der Waals surface area (Å²) in [7, 11) is -3.31. The molecule has 1 aliphatic rings. The summed E-state index contributed by atoms with van der Waals surface area (Å²) in [5, 5.41) is 7.26. The number of sulfonamides is 1. The van der Waals surface area contributed by atoms with Crippen LogP contribution in [-0.4, -0.2) is 41.4 Å². The van der Waals surface area contributed by atoms with Crippen molar-refractivity contribution in [3.05, 3.63) is 90.8 Å². The lowest BCUT2D eigenvalue weighted by Gasteiger charge is -2.17. The topological polar surface area (TPSA) is 97.2 Å². The third-order valence-electron chi connectivity index (χ3n) is 5.33. The van der Waals surface area contributed by atoms with Gasteiger partial charge in [0.15, 0.2) is 5.82 Å². The van der Waals surface area contributed by atoms with Gasteiger partial charge in [0.1, 0.15) is 0 Å².